The molecule has 0 spiro atoms. The van der Waals surface area contributed by atoms with Crippen molar-refractivity contribution in [2.45, 2.75) is 25.2 Å². The molecule has 0 amide bonds. The fraction of sp³-hybridized carbons (Fsp3) is 0.300. The normalized spacial score (nSPS) is 12.6. The first-order valence-corrected chi connectivity index (χ1v) is 21.1. The van der Waals surface area contributed by atoms with E-state index in [0.29, 0.717) is 29.9 Å². The third-order valence-corrected chi connectivity index (χ3v) is 9.09. The van der Waals surface area contributed by atoms with Crippen LogP contribution in [-0.2, 0) is 34.6 Å². The van der Waals surface area contributed by atoms with Crippen molar-refractivity contribution in [3.63, 3.8) is 0 Å². The van der Waals surface area contributed by atoms with E-state index in [1.807, 2.05) is 36.4 Å². The largest absolute Gasteiger partial charge is 0.497 e. The topological polar surface area (TPSA) is 320 Å². The van der Waals surface area contributed by atoms with Crippen LogP contribution in [0.15, 0.2) is 109 Å². The molecule has 0 saturated carbocycles. The van der Waals surface area contributed by atoms with Crippen LogP contribution in [0.25, 0.3) is 0 Å². The number of amidine groups is 2. The number of nitrogen functional groups attached to an aromatic ring is 2. The second kappa shape index (κ2) is 27.0. The van der Waals surface area contributed by atoms with E-state index in [0.717, 1.165) is 42.1 Å². The lowest BCUT2D eigenvalue weighted by molar-refractivity contribution is -0.117. The molecule has 1 atom stereocenters. The van der Waals surface area contributed by atoms with E-state index in [9.17, 15) is 26.4 Å². The fourth-order valence-corrected chi connectivity index (χ4v) is 5.13. The SMILES string of the molecule is C=CC(C1=CC(=O)C(OC)=CC1=O)c1ccc(OC)cc1.N=C(N)c1ccc(OCCCCCOc2ccc(C(=N)N)cc2)cc1.O=S(=O)(O)CCO.O=S(=O)(O)CCO. The van der Waals surface area contributed by atoms with E-state index in [1.165, 1.54) is 19.3 Å². The lowest BCUT2D eigenvalue weighted by atomic mass is 9.85. The van der Waals surface area contributed by atoms with Gasteiger partial charge in [-0.05, 0) is 91.6 Å². The fourth-order valence-electron chi connectivity index (χ4n) is 4.67. The van der Waals surface area contributed by atoms with Gasteiger partial charge in [-0.25, -0.2) is 0 Å². The maximum Gasteiger partial charge on any atom is 0.267 e. The van der Waals surface area contributed by atoms with Gasteiger partial charge in [0.1, 0.15) is 28.9 Å². The highest BCUT2D eigenvalue weighted by Crippen LogP contribution is 2.30. The van der Waals surface area contributed by atoms with Crippen LogP contribution < -0.4 is 25.7 Å². The molecule has 3 aromatic rings. The Kier molecular flexibility index (Phi) is 23.4. The Hall–Kier alpha value is -5.90. The van der Waals surface area contributed by atoms with E-state index in [2.05, 4.69) is 6.58 Å². The van der Waals surface area contributed by atoms with Crippen LogP contribution in [0.1, 0.15) is 41.9 Å². The van der Waals surface area contributed by atoms with Crippen molar-refractivity contribution in [3.8, 4) is 17.2 Å². The number of hydrogen-bond donors (Lipinski definition) is 8. The smallest absolute Gasteiger partial charge is 0.267 e. The van der Waals surface area contributed by atoms with Crippen molar-refractivity contribution in [3.05, 3.63) is 126 Å². The molecule has 20 heteroatoms. The van der Waals surface area contributed by atoms with Gasteiger partial charge in [0.25, 0.3) is 20.2 Å². The number of nitrogens with two attached hydrogens (primary N) is 2. The van der Waals surface area contributed by atoms with Gasteiger partial charge < -0.3 is 40.6 Å². The van der Waals surface area contributed by atoms with Gasteiger partial charge in [-0.2, -0.15) is 16.8 Å². The van der Waals surface area contributed by atoms with E-state index < -0.39 is 45.0 Å². The number of rotatable bonds is 19. The maximum absolute atomic E-state index is 12.2. The van der Waals surface area contributed by atoms with Gasteiger partial charge >= 0.3 is 0 Å². The lowest BCUT2D eigenvalue weighted by Crippen LogP contribution is -2.18. The third-order valence-electron chi connectivity index (χ3n) is 7.70. The summed E-state index contributed by atoms with van der Waals surface area (Å²) >= 11 is 0. The molecule has 0 aliphatic heterocycles. The molecular formula is C40H52N4O14S2. The summed E-state index contributed by atoms with van der Waals surface area (Å²) in [6, 6.07) is 21.7. The van der Waals surface area contributed by atoms with Crippen LogP contribution in [0.2, 0.25) is 0 Å². The summed E-state index contributed by atoms with van der Waals surface area (Å²) in [6.45, 7) is 4.00. The number of ether oxygens (including phenoxy) is 4. The maximum atomic E-state index is 12.2. The van der Waals surface area contributed by atoms with Gasteiger partial charge in [-0.3, -0.25) is 29.5 Å². The van der Waals surface area contributed by atoms with Crippen LogP contribution in [0.5, 0.6) is 17.2 Å². The van der Waals surface area contributed by atoms with E-state index in [4.69, 9.17) is 60.6 Å². The van der Waals surface area contributed by atoms with Crippen molar-refractivity contribution >= 4 is 43.5 Å². The van der Waals surface area contributed by atoms with Gasteiger partial charge in [-0.1, -0.05) is 18.2 Å². The Balaban J connectivity index is 0.000000460. The molecule has 328 valence electrons. The van der Waals surface area contributed by atoms with Gasteiger partial charge in [-0.15, -0.1) is 6.58 Å². The Bertz CT molecular complexity index is 2040. The van der Waals surface area contributed by atoms with E-state index in [-0.39, 0.29) is 34.9 Å². The Morgan fingerprint density at radius 1 is 0.667 bits per heavy atom. The summed E-state index contributed by atoms with van der Waals surface area (Å²) in [5.74, 6) is 0.412. The summed E-state index contributed by atoms with van der Waals surface area (Å²) in [5.41, 5.74) is 13.5. The van der Waals surface area contributed by atoms with Gasteiger partial charge in [0, 0.05) is 28.7 Å². The molecule has 1 aliphatic carbocycles. The number of unbranched alkanes of at least 4 members (excludes halogenated alkanes) is 2. The molecule has 60 heavy (non-hydrogen) atoms. The summed E-state index contributed by atoms with van der Waals surface area (Å²) in [4.78, 5) is 24.0. The summed E-state index contributed by atoms with van der Waals surface area (Å²) in [7, 11) is -4.90. The summed E-state index contributed by atoms with van der Waals surface area (Å²) < 4.78 is 75.5. The monoisotopic (exact) mass is 876 g/mol. The minimum atomic E-state index is -3.92. The molecule has 1 unspecified atom stereocenters. The van der Waals surface area contributed by atoms with Crippen LogP contribution in [0.4, 0.5) is 0 Å². The van der Waals surface area contributed by atoms with Crippen molar-refractivity contribution in [2.75, 3.05) is 52.2 Å². The van der Waals surface area contributed by atoms with E-state index >= 15 is 0 Å². The number of aliphatic hydroxyl groups is 2. The van der Waals surface area contributed by atoms with Crippen LogP contribution in [-0.4, -0.2) is 112 Å². The minimum absolute atomic E-state index is 0.0568. The summed E-state index contributed by atoms with van der Waals surface area (Å²) in [5, 5.41) is 30.4. The quantitative estimate of drug-likeness (QED) is 0.0214. The van der Waals surface area contributed by atoms with Crippen LogP contribution >= 0.6 is 0 Å². The zero-order valence-corrected chi connectivity index (χ0v) is 34.8. The molecular weight excluding hydrogens is 825 g/mol. The predicted molar refractivity (Wildman–Crippen MR) is 226 cm³/mol. The molecule has 0 fully saturated rings. The Morgan fingerprint density at radius 3 is 1.40 bits per heavy atom. The lowest BCUT2D eigenvalue weighted by Gasteiger charge is -2.18. The molecule has 0 heterocycles. The number of hydrogen-bond acceptors (Lipinski definition) is 14. The van der Waals surface area contributed by atoms with Crippen LogP contribution in [0.3, 0.4) is 0 Å². The molecule has 18 nitrogen and oxygen atoms in total. The van der Waals surface area contributed by atoms with Crippen molar-refractivity contribution in [2.24, 2.45) is 11.5 Å². The number of nitrogens with one attached hydrogen (secondary N) is 2. The first-order chi connectivity index (χ1) is 28.3. The van der Waals surface area contributed by atoms with Crippen LogP contribution in [0, 0.1) is 10.8 Å². The average molecular weight is 877 g/mol. The van der Waals surface area contributed by atoms with E-state index in [1.54, 1.807) is 49.6 Å². The highest BCUT2D eigenvalue weighted by atomic mass is 32.2. The van der Waals surface area contributed by atoms with Crippen molar-refractivity contribution in [1.82, 2.24) is 0 Å². The first kappa shape index (κ1) is 52.1. The average Bonchev–Trinajstić information content (AvgIpc) is 3.19. The van der Waals surface area contributed by atoms with Gasteiger partial charge in [0.05, 0.1) is 52.2 Å². The molecule has 3 aromatic carbocycles. The summed E-state index contributed by atoms with van der Waals surface area (Å²) in [6.07, 6.45) is 7.08. The number of benzene rings is 3. The number of allylic oxidation sites excluding steroid dienone is 4. The number of methoxy groups -OCH3 is 2. The minimum Gasteiger partial charge on any atom is -0.497 e. The second-order valence-corrected chi connectivity index (χ2v) is 15.3. The van der Waals surface area contributed by atoms with Gasteiger partial charge in [0.2, 0.25) is 5.78 Å². The number of carbonyl (C=O) groups is 2. The Morgan fingerprint density at radius 2 is 1.08 bits per heavy atom. The van der Waals surface area contributed by atoms with Crippen molar-refractivity contribution in [1.29, 1.82) is 10.8 Å². The second-order valence-electron chi connectivity index (χ2n) is 12.2. The first-order valence-electron chi connectivity index (χ1n) is 17.9. The van der Waals surface area contributed by atoms with Gasteiger partial charge in [0.15, 0.2) is 11.5 Å². The highest BCUT2D eigenvalue weighted by Gasteiger charge is 2.26. The molecule has 1 aliphatic rings. The zero-order chi connectivity index (χ0) is 45.3. The molecule has 0 aromatic heterocycles. The molecule has 0 radical (unpaired) electrons. The predicted octanol–water partition coefficient (Wildman–Crippen LogP) is 3.19. The molecule has 0 saturated heterocycles. The Labute approximate surface area is 349 Å². The number of carbonyl (C=O) groups excluding carboxylic acids is 2. The zero-order valence-electron chi connectivity index (χ0n) is 33.2. The molecule has 4 rings (SSSR count). The molecule has 0 bridgehead atoms. The van der Waals surface area contributed by atoms with Crippen molar-refractivity contribution < 1.29 is 64.7 Å². The standard InChI is InChI=1S/C19H24N4O2.C17H16O4.2C2H6O4S/c20-18(21)14-4-8-16(9-5-14)24-12-2-1-3-13-25-17-10-6-15(7-11-17)19(22)23;1-4-13(11-5-7-12(20-2)8-6-11)14-9-16(19)17(21-3)10-15(14)18;2*3-1-2-7(4,5)6/h4-11H,1-3,12-13H2,(H3,20,21)(H3,22,23);4-10,13H,1H2,2-3H3;2*3H,1-2H2,(H,4,5,6). The number of aliphatic hydroxyl groups excluding tert-OH is 2. The molecule has 10 N–H and O–H groups in total. The number of ketones is 2. The third kappa shape index (κ3) is 21.2. The highest BCUT2D eigenvalue weighted by molar-refractivity contribution is 7.86.